The van der Waals surface area contributed by atoms with E-state index in [1.807, 2.05) is 0 Å². The number of barbiturate groups is 1. The van der Waals surface area contributed by atoms with Crippen molar-refractivity contribution in [3.05, 3.63) is 92.4 Å². The van der Waals surface area contributed by atoms with Crippen molar-refractivity contribution in [3.63, 3.8) is 0 Å². The van der Waals surface area contributed by atoms with Crippen LogP contribution in [0, 0.1) is 6.92 Å². The largest absolute Gasteiger partial charge is 0.376 e. The average Bonchev–Trinajstić information content (AvgIpc) is 2.82. The molecule has 1 aliphatic rings. The van der Waals surface area contributed by atoms with Gasteiger partial charge in [-0.05, 0) is 60.5 Å². The second-order valence-electron chi connectivity index (χ2n) is 7.55. The summed E-state index contributed by atoms with van der Waals surface area (Å²) >= 11 is 18.5. The van der Waals surface area contributed by atoms with E-state index in [0.29, 0.717) is 10.6 Å². The van der Waals surface area contributed by atoms with Crippen LogP contribution < -0.4 is 14.4 Å². The van der Waals surface area contributed by atoms with Crippen molar-refractivity contribution < 1.29 is 27.0 Å². The number of hydrogen-bond acceptors (Lipinski definition) is 6. The van der Waals surface area contributed by atoms with Crippen LogP contribution in [-0.2, 0) is 19.7 Å². The Kier molecular flexibility index (Phi) is 7.10. The van der Waals surface area contributed by atoms with Crippen molar-refractivity contribution in [2.45, 2.75) is 11.8 Å². The summed E-state index contributed by atoms with van der Waals surface area (Å²) in [5.41, 5.74) is 0.579. The lowest BCUT2D eigenvalue weighted by Crippen LogP contribution is -2.54. The van der Waals surface area contributed by atoms with Gasteiger partial charge in [0.05, 0.1) is 15.7 Å². The Morgan fingerprint density at radius 1 is 0.917 bits per heavy atom. The third-order valence-electron chi connectivity index (χ3n) is 5.07. The zero-order valence-corrected chi connectivity index (χ0v) is 21.4. The van der Waals surface area contributed by atoms with Gasteiger partial charge in [-0.15, -0.1) is 0 Å². The summed E-state index contributed by atoms with van der Waals surface area (Å²) < 4.78 is 30.2. The zero-order valence-electron chi connectivity index (χ0n) is 18.3. The van der Waals surface area contributed by atoms with E-state index < -0.39 is 28.0 Å². The lowest BCUT2D eigenvalue weighted by molar-refractivity contribution is -0.122. The maximum absolute atomic E-state index is 13.2. The molecule has 12 heteroatoms. The van der Waals surface area contributed by atoms with Crippen LogP contribution in [0.2, 0.25) is 15.1 Å². The molecule has 1 heterocycles. The van der Waals surface area contributed by atoms with Gasteiger partial charge in [-0.3, -0.25) is 14.9 Å². The number of imide groups is 2. The van der Waals surface area contributed by atoms with Crippen LogP contribution in [0.4, 0.5) is 10.5 Å². The minimum absolute atomic E-state index is 0.103. The number of hydrogen-bond donors (Lipinski definition) is 1. The maximum Gasteiger partial charge on any atom is 0.339 e. The van der Waals surface area contributed by atoms with Gasteiger partial charge in [-0.2, -0.15) is 8.42 Å². The van der Waals surface area contributed by atoms with E-state index in [2.05, 4.69) is 5.32 Å². The third-order valence-corrected chi connectivity index (χ3v) is 7.10. The SMILES string of the molecule is Cc1ccc(Cl)cc1N1C(=O)NC(=O)/C(=C\c2cc(Cl)c(OS(=O)(=O)c3ccccc3)c(Cl)c2)C1=O. The Hall–Kier alpha value is -3.37. The molecule has 1 N–H and O–H groups in total. The molecule has 1 saturated heterocycles. The number of aryl methyl sites for hydroxylation is 1. The number of nitrogens with one attached hydrogen (secondary N) is 1. The van der Waals surface area contributed by atoms with Crippen LogP contribution >= 0.6 is 34.8 Å². The Balaban J connectivity index is 1.70. The average molecular weight is 566 g/mol. The van der Waals surface area contributed by atoms with Crippen molar-refractivity contribution in [3.8, 4) is 5.75 Å². The van der Waals surface area contributed by atoms with E-state index in [0.717, 1.165) is 4.90 Å². The van der Waals surface area contributed by atoms with Crippen LogP contribution in [0.1, 0.15) is 11.1 Å². The molecule has 0 bridgehead atoms. The van der Waals surface area contributed by atoms with E-state index >= 15 is 0 Å². The Bertz CT molecular complexity index is 1530. The van der Waals surface area contributed by atoms with Gasteiger partial charge in [-0.25, -0.2) is 9.69 Å². The summed E-state index contributed by atoms with van der Waals surface area (Å²) in [7, 11) is -4.23. The molecule has 1 fully saturated rings. The molecule has 0 aromatic heterocycles. The number of carbonyl (C=O) groups is 3. The van der Waals surface area contributed by atoms with Gasteiger partial charge in [-0.1, -0.05) is 59.1 Å². The standard InChI is InChI=1S/C24H15Cl3N2O6S/c1-13-7-8-15(25)12-20(13)29-23(31)17(22(30)28-24(29)32)9-14-10-18(26)21(19(27)11-14)35-36(33,34)16-5-3-2-4-6-16/h2-12H,1H3,(H,28,30,32)/b17-9+. The number of urea groups is 1. The van der Waals surface area contributed by atoms with Crippen molar-refractivity contribution in [1.29, 1.82) is 0 Å². The molecule has 4 amide bonds. The number of nitrogens with zero attached hydrogens (tertiary/aromatic N) is 1. The number of amides is 4. The Morgan fingerprint density at radius 2 is 1.56 bits per heavy atom. The van der Waals surface area contributed by atoms with Crippen molar-refractivity contribution >= 4 is 74.5 Å². The number of anilines is 1. The molecule has 3 aromatic rings. The van der Waals surface area contributed by atoms with Crippen LogP contribution in [-0.4, -0.2) is 26.3 Å². The van der Waals surface area contributed by atoms with Gasteiger partial charge < -0.3 is 4.18 Å². The Labute approximate surface area is 221 Å². The summed E-state index contributed by atoms with van der Waals surface area (Å²) in [5, 5.41) is 2.03. The van der Waals surface area contributed by atoms with Gasteiger partial charge in [0.15, 0.2) is 5.75 Å². The van der Waals surface area contributed by atoms with Crippen LogP contribution in [0.3, 0.4) is 0 Å². The summed E-state index contributed by atoms with van der Waals surface area (Å²) in [5.74, 6) is -2.15. The van der Waals surface area contributed by atoms with Gasteiger partial charge >= 0.3 is 16.1 Å². The zero-order chi connectivity index (χ0) is 26.2. The summed E-state index contributed by atoms with van der Waals surface area (Å²) in [6, 6.07) is 13.6. The first-order valence-corrected chi connectivity index (χ1v) is 12.7. The molecule has 0 unspecified atom stereocenters. The molecule has 3 aromatic carbocycles. The quantitative estimate of drug-likeness (QED) is 0.252. The highest BCUT2D eigenvalue weighted by molar-refractivity contribution is 7.87. The minimum atomic E-state index is -4.23. The van der Waals surface area contributed by atoms with E-state index in [4.69, 9.17) is 39.0 Å². The first-order valence-electron chi connectivity index (χ1n) is 10.1. The summed E-state index contributed by atoms with van der Waals surface area (Å²) in [4.78, 5) is 38.8. The molecule has 0 atom stereocenters. The van der Waals surface area contributed by atoms with E-state index in [1.165, 1.54) is 48.5 Å². The lowest BCUT2D eigenvalue weighted by atomic mass is 10.1. The van der Waals surface area contributed by atoms with Crippen molar-refractivity contribution in [2.24, 2.45) is 0 Å². The van der Waals surface area contributed by atoms with Crippen LogP contribution in [0.25, 0.3) is 6.08 Å². The second-order valence-corrected chi connectivity index (χ2v) is 10.4. The van der Waals surface area contributed by atoms with Gasteiger partial charge in [0, 0.05) is 5.02 Å². The summed E-state index contributed by atoms with van der Waals surface area (Å²) in [6.45, 7) is 1.67. The Morgan fingerprint density at radius 3 is 2.19 bits per heavy atom. The first-order chi connectivity index (χ1) is 17.0. The highest BCUT2D eigenvalue weighted by Gasteiger charge is 2.37. The van der Waals surface area contributed by atoms with E-state index in [-0.39, 0.29) is 37.5 Å². The molecule has 1 aliphatic heterocycles. The predicted molar refractivity (Wildman–Crippen MR) is 136 cm³/mol. The highest BCUT2D eigenvalue weighted by atomic mass is 35.5. The number of rotatable bonds is 5. The van der Waals surface area contributed by atoms with Crippen LogP contribution in [0.15, 0.2) is 71.1 Å². The minimum Gasteiger partial charge on any atom is -0.376 e. The maximum atomic E-state index is 13.2. The third kappa shape index (κ3) is 5.10. The van der Waals surface area contributed by atoms with E-state index in [9.17, 15) is 22.8 Å². The first kappa shape index (κ1) is 25.7. The number of carbonyl (C=O) groups excluding carboxylic acids is 3. The fraction of sp³-hybridized carbons (Fsp3) is 0.0417. The number of halogens is 3. The molecule has 0 spiro atoms. The fourth-order valence-electron chi connectivity index (χ4n) is 3.35. The molecule has 0 radical (unpaired) electrons. The van der Waals surface area contributed by atoms with Gasteiger partial charge in [0.25, 0.3) is 11.8 Å². The van der Waals surface area contributed by atoms with Crippen LogP contribution in [0.5, 0.6) is 5.75 Å². The molecule has 4 rings (SSSR count). The smallest absolute Gasteiger partial charge is 0.339 e. The van der Waals surface area contributed by atoms with Crippen molar-refractivity contribution in [1.82, 2.24) is 5.32 Å². The van der Waals surface area contributed by atoms with Gasteiger partial charge in [0.1, 0.15) is 10.5 Å². The monoisotopic (exact) mass is 564 g/mol. The highest BCUT2D eigenvalue weighted by Crippen LogP contribution is 2.37. The molecule has 184 valence electrons. The molecular formula is C24H15Cl3N2O6S. The van der Waals surface area contributed by atoms with Gasteiger partial charge in [0.2, 0.25) is 0 Å². The van der Waals surface area contributed by atoms with Crippen molar-refractivity contribution in [2.75, 3.05) is 4.90 Å². The molecular weight excluding hydrogens is 551 g/mol. The van der Waals surface area contributed by atoms with E-state index in [1.54, 1.807) is 25.1 Å². The fourth-order valence-corrected chi connectivity index (χ4v) is 5.18. The topological polar surface area (TPSA) is 110 Å². The second kappa shape index (κ2) is 9.94. The lowest BCUT2D eigenvalue weighted by Gasteiger charge is -2.27. The molecule has 8 nitrogen and oxygen atoms in total. The predicted octanol–water partition coefficient (Wildman–Crippen LogP) is 5.39. The molecule has 0 aliphatic carbocycles. The summed E-state index contributed by atoms with van der Waals surface area (Å²) in [6.07, 6.45) is 1.17. The molecule has 36 heavy (non-hydrogen) atoms. The molecule has 0 saturated carbocycles. The normalized spacial score (nSPS) is 15.3. The number of benzene rings is 3.